The monoisotopic (exact) mass is 886 g/mol. The first-order chi connectivity index (χ1) is 30.4. The molecule has 0 aliphatic heterocycles. The largest absolute Gasteiger partial charge is 0.511 e. The molecule has 5 rings (SSSR count). The predicted octanol–water partition coefficient (Wildman–Crippen LogP) is 4.19. The van der Waals surface area contributed by atoms with E-state index >= 15 is 0 Å². The van der Waals surface area contributed by atoms with Gasteiger partial charge < -0.3 is 37.9 Å². The molecule has 0 radical (unpaired) electrons. The molecule has 3 aromatic carbocycles. The van der Waals surface area contributed by atoms with Crippen LogP contribution in [0.4, 0.5) is 9.59 Å². The van der Waals surface area contributed by atoms with Gasteiger partial charge in [-0.15, -0.1) is 15.0 Å². The summed E-state index contributed by atoms with van der Waals surface area (Å²) >= 11 is 0. The lowest BCUT2D eigenvalue weighted by atomic mass is 9.98. The van der Waals surface area contributed by atoms with Crippen molar-refractivity contribution in [1.82, 2.24) is 40.5 Å². The van der Waals surface area contributed by atoms with E-state index in [4.69, 9.17) is 58.7 Å². The molecule has 63 heavy (non-hydrogen) atoms. The molecular weight excluding hydrogens is 840 g/mol. The molecule has 0 bridgehead atoms. The molecule has 25 heteroatoms. The summed E-state index contributed by atoms with van der Waals surface area (Å²) in [6.45, 7) is 4.62. The Morgan fingerprint density at radius 2 is 1.33 bits per heavy atom. The van der Waals surface area contributed by atoms with Crippen molar-refractivity contribution >= 4 is 29.3 Å². The Hall–Kier alpha value is -6.39. The first-order valence-corrected chi connectivity index (χ1v) is 19.2. The number of benzene rings is 3. The fourth-order valence-corrected chi connectivity index (χ4v) is 5.66. The van der Waals surface area contributed by atoms with Crippen LogP contribution in [0.15, 0.2) is 66.7 Å². The Kier molecular flexibility index (Phi) is 18.4. The van der Waals surface area contributed by atoms with Crippen molar-refractivity contribution in [3.63, 3.8) is 0 Å². The van der Waals surface area contributed by atoms with Crippen LogP contribution in [-0.4, -0.2) is 145 Å². The number of fused-ring (bicyclic) bond motifs is 1. The van der Waals surface area contributed by atoms with Gasteiger partial charge in [0.25, 0.3) is 6.01 Å². The lowest BCUT2D eigenvalue weighted by molar-refractivity contribution is -0.493. The van der Waals surface area contributed by atoms with Crippen molar-refractivity contribution < 1.29 is 82.8 Å². The molecule has 2 aromatic heterocycles. The first kappa shape index (κ1) is 47.7. The van der Waals surface area contributed by atoms with Crippen LogP contribution in [0.3, 0.4) is 0 Å². The number of ether oxygens (including phenoxy) is 8. The van der Waals surface area contributed by atoms with E-state index in [1.807, 2.05) is 55.5 Å². The minimum Gasteiger partial charge on any atom is -0.465 e. The van der Waals surface area contributed by atoms with E-state index in [1.54, 1.807) is 22.8 Å². The van der Waals surface area contributed by atoms with E-state index < -0.39 is 41.6 Å². The summed E-state index contributed by atoms with van der Waals surface area (Å²) in [6.07, 6.45) is -4.39. The van der Waals surface area contributed by atoms with Crippen LogP contribution >= 0.6 is 0 Å². The SMILES string of the molecule is CCOc1nc2cccc(C(=O)OC(C)OC(=O)OCCOCCON(O)O)c2n1Cc1ccc(-c2ccccc2-c2nnn(C(C)OC(=O)OCCOCCON(O)O)n2)cc1. The molecule has 0 saturated heterocycles. The Labute approximate surface area is 358 Å². The highest BCUT2D eigenvalue weighted by Crippen LogP contribution is 2.32. The Morgan fingerprint density at radius 3 is 1.97 bits per heavy atom. The Morgan fingerprint density at radius 1 is 0.714 bits per heavy atom. The molecule has 0 saturated carbocycles. The summed E-state index contributed by atoms with van der Waals surface area (Å²) in [7, 11) is 0. The van der Waals surface area contributed by atoms with Crippen LogP contribution in [0.1, 0.15) is 42.9 Å². The minimum absolute atomic E-state index is 0.0109. The fraction of sp³-hybridized carbons (Fsp3) is 0.395. The molecule has 25 nitrogen and oxygen atoms in total. The van der Waals surface area contributed by atoms with Gasteiger partial charge in [-0.2, -0.15) is 4.98 Å². The molecule has 340 valence electrons. The third kappa shape index (κ3) is 14.6. The van der Waals surface area contributed by atoms with E-state index in [2.05, 4.69) is 30.1 Å². The maximum absolute atomic E-state index is 13.5. The number of para-hydroxylation sites is 1. The number of rotatable bonds is 25. The van der Waals surface area contributed by atoms with Crippen LogP contribution < -0.4 is 4.74 Å². The van der Waals surface area contributed by atoms with E-state index in [-0.39, 0.29) is 76.8 Å². The summed E-state index contributed by atoms with van der Waals surface area (Å²) < 4.78 is 43.5. The van der Waals surface area contributed by atoms with Crippen LogP contribution in [0.25, 0.3) is 33.5 Å². The van der Waals surface area contributed by atoms with Gasteiger partial charge in [-0.1, -0.05) is 54.6 Å². The molecule has 4 N–H and O–H groups in total. The van der Waals surface area contributed by atoms with Crippen molar-refractivity contribution in [2.24, 2.45) is 0 Å². The molecule has 5 aromatic rings. The molecule has 2 atom stereocenters. The van der Waals surface area contributed by atoms with Gasteiger partial charge in [0.2, 0.25) is 18.3 Å². The normalized spacial score (nSPS) is 12.3. The highest BCUT2D eigenvalue weighted by molar-refractivity contribution is 6.02. The second kappa shape index (κ2) is 24.3. The zero-order chi connectivity index (χ0) is 45.1. The summed E-state index contributed by atoms with van der Waals surface area (Å²) in [5.41, 5.74) is 4.15. The number of aromatic nitrogens is 6. The third-order valence-electron chi connectivity index (χ3n) is 8.32. The molecule has 0 spiro atoms. The fourth-order valence-electron chi connectivity index (χ4n) is 5.66. The molecule has 0 fully saturated rings. The van der Waals surface area contributed by atoms with E-state index in [0.29, 0.717) is 23.2 Å². The average Bonchev–Trinajstić information content (AvgIpc) is 3.89. The number of carbonyl (C=O) groups excluding carboxylic acids is 3. The third-order valence-corrected chi connectivity index (χ3v) is 8.32. The van der Waals surface area contributed by atoms with E-state index in [1.165, 1.54) is 13.8 Å². The van der Waals surface area contributed by atoms with Crippen LogP contribution in [0.2, 0.25) is 0 Å². The van der Waals surface area contributed by atoms with Crippen LogP contribution in [0, 0.1) is 0 Å². The second-order valence-corrected chi connectivity index (χ2v) is 12.7. The highest BCUT2D eigenvalue weighted by Gasteiger charge is 2.24. The second-order valence-electron chi connectivity index (χ2n) is 12.7. The summed E-state index contributed by atoms with van der Waals surface area (Å²) in [4.78, 5) is 52.3. The number of nitrogens with zero attached hydrogens (tertiary/aromatic N) is 8. The number of hydrogen-bond acceptors (Lipinski definition) is 23. The van der Waals surface area contributed by atoms with Gasteiger partial charge in [-0.3, -0.25) is 25.4 Å². The van der Waals surface area contributed by atoms with Gasteiger partial charge in [-0.05, 0) is 47.9 Å². The summed E-state index contributed by atoms with van der Waals surface area (Å²) in [6, 6.07) is 20.3. The maximum atomic E-state index is 13.5. The molecular formula is C38H46N8O17. The standard InChI is InChI=1S/C38H46N8O17/c1-4-56-36-39-32-11-7-10-31(35(47)62-26(3)63-38(49)58-21-17-55-19-23-60-46(52)53)33(32)43(36)24-27-12-14-28(15-13-27)29-8-5-6-9-30(29)34-40-42-44(41-34)25(2)61-37(48)57-20-16-54-18-22-59-45(50)51/h5-15,25-26,50-53H,4,16-24H2,1-3H3. The molecule has 2 heterocycles. The lowest BCUT2D eigenvalue weighted by Gasteiger charge is -2.15. The van der Waals surface area contributed by atoms with Gasteiger partial charge in [0, 0.05) is 12.5 Å². The van der Waals surface area contributed by atoms with Gasteiger partial charge in [0.15, 0.2) is 0 Å². The van der Waals surface area contributed by atoms with Crippen LogP contribution in [-0.2, 0) is 49.4 Å². The zero-order valence-electron chi connectivity index (χ0n) is 34.3. The Balaban J connectivity index is 1.21. The summed E-state index contributed by atoms with van der Waals surface area (Å²) in [5, 5.41) is 45.7. The number of tetrazole rings is 1. The first-order valence-electron chi connectivity index (χ1n) is 19.2. The van der Waals surface area contributed by atoms with Gasteiger partial charge in [0.05, 0.1) is 80.2 Å². The number of esters is 1. The minimum atomic E-state index is -1.33. The quantitative estimate of drug-likeness (QED) is 0.0210. The van der Waals surface area contributed by atoms with Crippen molar-refractivity contribution in [3.05, 3.63) is 77.9 Å². The summed E-state index contributed by atoms with van der Waals surface area (Å²) in [5.74, 6) is -0.520. The van der Waals surface area contributed by atoms with Crippen LogP contribution in [0.5, 0.6) is 6.01 Å². The highest BCUT2D eigenvalue weighted by atomic mass is 17.1. The van der Waals surface area contributed by atoms with Crippen molar-refractivity contribution in [3.8, 4) is 28.5 Å². The van der Waals surface area contributed by atoms with Gasteiger partial charge >= 0.3 is 18.3 Å². The molecule has 0 aliphatic rings. The number of imidazole rings is 1. The number of hydrogen-bond donors (Lipinski definition) is 4. The zero-order valence-corrected chi connectivity index (χ0v) is 34.3. The van der Waals surface area contributed by atoms with E-state index in [9.17, 15) is 14.4 Å². The van der Waals surface area contributed by atoms with Gasteiger partial charge in [0.1, 0.15) is 13.2 Å². The van der Waals surface area contributed by atoms with Crippen molar-refractivity contribution in [1.29, 1.82) is 0 Å². The molecule has 0 aliphatic carbocycles. The smallest absolute Gasteiger partial charge is 0.465 e. The lowest BCUT2D eigenvalue weighted by Crippen LogP contribution is -2.24. The molecule has 0 amide bonds. The Bertz CT molecular complexity index is 2220. The topological polar surface area (TPSA) is 292 Å². The molecule has 2 unspecified atom stereocenters. The predicted molar refractivity (Wildman–Crippen MR) is 208 cm³/mol. The number of carbonyl (C=O) groups is 3. The van der Waals surface area contributed by atoms with Crippen molar-refractivity contribution in [2.45, 2.75) is 39.8 Å². The maximum Gasteiger partial charge on any atom is 0.511 e. The average molecular weight is 887 g/mol. The van der Waals surface area contributed by atoms with Gasteiger partial charge in [-0.25, -0.2) is 24.1 Å². The van der Waals surface area contributed by atoms with Crippen molar-refractivity contribution in [2.75, 3.05) is 59.5 Å². The van der Waals surface area contributed by atoms with E-state index in [0.717, 1.165) is 21.5 Å².